The summed E-state index contributed by atoms with van der Waals surface area (Å²) in [5.41, 5.74) is 2.37. The highest BCUT2D eigenvalue weighted by Crippen LogP contribution is 2.21. The average molecular weight is 312 g/mol. The van der Waals surface area contributed by atoms with Crippen molar-refractivity contribution >= 4 is 0 Å². The lowest BCUT2D eigenvalue weighted by atomic mass is 10.1. The van der Waals surface area contributed by atoms with Crippen LogP contribution in [0.15, 0.2) is 42.6 Å². The minimum absolute atomic E-state index is 0.464. The van der Waals surface area contributed by atoms with Crippen molar-refractivity contribution in [3.63, 3.8) is 0 Å². The Balaban J connectivity index is 1.58. The van der Waals surface area contributed by atoms with Crippen LogP contribution in [0.4, 0.5) is 0 Å². The zero-order valence-corrected chi connectivity index (χ0v) is 13.6. The second-order valence-electron chi connectivity index (χ2n) is 6.78. The third-order valence-electron chi connectivity index (χ3n) is 4.85. The third-order valence-corrected chi connectivity index (χ3v) is 4.85. The number of rotatable bonds is 3. The van der Waals surface area contributed by atoms with Crippen molar-refractivity contribution in [2.24, 2.45) is 5.92 Å². The Morgan fingerprint density at radius 3 is 2.83 bits per heavy atom. The van der Waals surface area contributed by atoms with Crippen molar-refractivity contribution in [2.45, 2.75) is 12.6 Å². The quantitative estimate of drug-likeness (QED) is 0.863. The molecule has 3 heterocycles. The molecule has 1 aromatic heterocycles. The van der Waals surface area contributed by atoms with Gasteiger partial charge in [0.25, 0.3) is 0 Å². The number of aromatic nitrogens is 2. The van der Waals surface area contributed by atoms with E-state index >= 15 is 0 Å². The summed E-state index contributed by atoms with van der Waals surface area (Å²) in [6.45, 7) is 5.96. The Bertz CT molecular complexity index is 641. The first-order valence-electron chi connectivity index (χ1n) is 8.38. The van der Waals surface area contributed by atoms with Crippen LogP contribution in [0.2, 0.25) is 0 Å². The highest BCUT2D eigenvalue weighted by atomic mass is 16.5. The van der Waals surface area contributed by atoms with E-state index in [1.165, 1.54) is 5.69 Å². The molecule has 2 aromatic rings. The largest absolute Gasteiger partial charge is 0.379 e. The molecule has 0 spiro atoms. The lowest BCUT2D eigenvalue weighted by Crippen LogP contribution is -2.42. The average Bonchev–Trinajstić information content (AvgIpc) is 2.85. The van der Waals surface area contributed by atoms with E-state index < -0.39 is 0 Å². The van der Waals surface area contributed by atoms with Crippen LogP contribution in [0.5, 0.6) is 0 Å². The molecule has 5 nitrogen and oxygen atoms in total. The Hall–Kier alpha value is -1.69. The summed E-state index contributed by atoms with van der Waals surface area (Å²) in [5.74, 6) is 0.598. The van der Waals surface area contributed by atoms with Gasteiger partial charge in [-0.3, -0.25) is 4.90 Å². The van der Waals surface area contributed by atoms with Crippen molar-refractivity contribution < 1.29 is 4.74 Å². The highest BCUT2D eigenvalue weighted by Gasteiger charge is 2.32. The van der Waals surface area contributed by atoms with Crippen molar-refractivity contribution in [1.29, 1.82) is 0 Å². The molecule has 0 aliphatic carbocycles. The molecule has 2 aliphatic heterocycles. The molecule has 0 saturated carbocycles. The number of nitrogens with zero attached hydrogens (tertiary/aromatic N) is 4. The summed E-state index contributed by atoms with van der Waals surface area (Å²) < 4.78 is 7.94. The summed E-state index contributed by atoms with van der Waals surface area (Å²) in [6, 6.07) is 13.0. The number of benzene rings is 1. The van der Waals surface area contributed by atoms with Gasteiger partial charge in [-0.2, -0.15) is 5.10 Å². The Labute approximate surface area is 137 Å². The number of ether oxygens (including phenoxy) is 1. The zero-order chi connectivity index (χ0) is 15.6. The van der Waals surface area contributed by atoms with E-state index in [-0.39, 0.29) is 0 Å². The summed E-state index contributed by atoms with van der Waals surface area (Å²) in [7, 11) is 2.23. The number of para-hydroxylation sites is 1. The number of hydrogen-bond donors (Lipinski definition) is 0. The van der Waals surface area contributed by atoms with Gasteiger partial charge in [-0.25, -0.2) is 4.68 Å². The molecule has 0 amide bonds. The van der Waals surface area contributed by atoms with E-state index in [1.54, 1.807) is 0 Å². The fourth-order valence-electron chi connectivity index (χ4n) is 3.82. The number of likely N-dealkylation sites (N-methyl/N-ethyl adjacent to an activating group) is 1. The van der Waals surface area contributed by atoms with Crippen LogP contribution in [-0.4, -0.2) is 65.5 Å². The van der Waals surface area contributed by atoms with Gasteiger partial charge in [-0.05, 0) is 25.2 Å². The topological polar surface area (TPSA) is 33.5 Å². The molecule has 0 N–H and O–H groups in total. The molecule has 0 unspecified atom stereocenters. The normalized spacial score (nSPS) is 26.1. The maximum absolute atomic E-state index is 5.88. The molecular weight excluding hydrogens is 288 g/mol. The minimum Gasteiger partial charge on any atom is -0.379 e. The Morgan fingerprint density at radius 1 is 1.09 bits per heavy atom. The van der Waals surface area contributed by atoms with Gasteiger partial charge in [0.15, 0.2) is 0 Å². The summed E-state index contributed by atoms with van der Waals surface area (Å²) in [5, 5.41) is 4.52. The van der Waals surface area contributed by atoms with Crippen molar-refractivity contribution in [2.75, 3.05) is 39.9 Å². The first-order chi connectivity index (χ1) is 11.3. The molecule has 4 rings (SSSR count). The predicted octanol–water partition coefficient (Wildman–Crippen LogP) is 1.63. The first-order valence-corrected chi connectivity index (χ1v) is 8.38. The molecule has 2 bridgehead atoms. The van der Waals surface area contributed by atoms with Gasteiger partial charge in [0, 0.05) is 44.3 Å². The predicted molar refractivity (Wildman–Crippen MR) is 89.6 cm³/mol. The third kappa shape index (κ3) is 3.17. The van der Waals surface area contributed by atoms with Crippen LogP contribution < -0.4 is 0 Å². The Kier molecular flexibility index (Phi) is 4.16. The molecule has 122 valence electrons. The lowest BCUT2D eigenvalue weighted by Gasteiger charge is -2.29. The van der Waals surface area contributed by atoms with Gasteiger partial charge in [0.1, 0.15) is 0 Å². The molecule has 2 saturated heterocycles. The second-order valence-corrected chi connectivity index (χ2v) is 6.78. The standard InChI is InChI=1S/C18H24N4O/c1-20-9-15-10-21(18(11-20)14-23-13-15)12-17-7-8-19-22(17)16-5-3-2-4-6-16/h2-8,15,18H,9-14H2,1H3/t15-,18-/m0/s1. The van der Waals surface area contributed by atoms with Crippen LogP contribution in [0.25, 0.3) is 5.69 Å². The molecule has 0 radical (unpaired) electrons. The fourth-order valence-corrected chi connectivity index (χ4v) is 3.82. The fraction of sp³-hybridized carbons (Fsp3) is 0.500. The molecule has 2 atom stereocenters. The Morgan fingerprint density at radius 2 is 1.96 bits per heavy atom. The van der Waals surface area contributed by atoms with Crippen molar-refractivity contribution in [3.8, 4) is 5.69 Å². The maximum atomic E-state index is 5.88. The molecule has 5 heteroatoms. The van der Waals surface area contributed by atoms with Crippen LogP contribution >= 0.6 is 0 Å². The molecular formula is C18H24N4O. The van der Waals surface area contributed by atoms with Crippen molar-refractivity contribution in [1.82, 2.24) is 19.6 Å². The van der Waals surface area contributed by atoms with Crippen LogP contribution in [0, 0.1) is 5.92 Å². The number of hydrogen-bond acceptors (Lipinski definition) is 4. The molecule has 23 heavy (non-hydrogen) atoms. The van der Waals surface area contributed by atoms with E-state index in [4.69, 9.17) is 4.74 Å². The van der Waals surface area contributed by atoms with Gasteiger partial charge < -0.3 is 9.64 Å². The molecule has 2 fully saturated rings. The SMILES string of the molecule is CN1C[C@@H]2COC[C@H](C1)N(Cc1ccnn1-c1ccccc1)C2. The van der Waals surface area contributed by atoms with Crippen LogP contribution in [0.3, 0.4) is 0 Å². The van der Waals surface area contributed by atoms with E-state index in [2.05, 4.69) is 57.0 Å². The van der Waals surface area contributed by atoms with Crippen molar-refractivity contribution in [3.05, 3.63) is 48.3 Å². The minimum atomic E-state index is 0.464. The van der Waals surface area contributed by atoms with Gasteiger partial charge in [0.05, 0.1) is 24.6 Å². The van der Waals surface area contributed by atoms with Gasteiger partial charge in [-0.1, -0.05) is 18.2 Å². The van der Waals surface area contributed by atoms with E-state index in [1.807, 2.05) is 12.3 Å². The van der Waals surface area contributed by atoms with E-state index in [9.17, 15) is 0 Å². The van der Waals surface area contributed by atoms with Crippen LogP contribution in [0.1, 0.15) is 5.69 Å². The second kappa shape index (κ2) is 6.43. The van der Waals surface area contributed by atoms with Gasteiger partial charge >= 0.3 is 0 Å². The maximum Gasteiger partial charge on any atom is 0.0649 e. The van der Waals surface area contributed by atoms with Crippen LogP contribution in [-0.2, 0) is 11.3 Å². The highest BCUT2D eigenvalue weighted by molar-refractivity contribution is 5.32. The first kappa shape index (κ1) is 14.9. The number of fused-ring (bicyclic) bond motifs is 3. The lowest BCUT2D eigenvalue weighted by molar-refractivity contribution is 0.0558. The summed E-state index contributed by atoms with van der Waals surface area (Å²) in [4.78, 5) is 5.03. The van der Waals surface area contributed by atoms with Gasteiger partial charge in [0.2, 0.25) is 0 Å². The van der Waals surface area contributed by atoms with E-state index in [0.29, 0.717) is 12.0 Å². The van der Waals surface area contributed by atoms with Gasteiger partial charge in [-0.15, -0.1) is 0 Å². The molecule has 2 aliphatic rings. The summed E-state index contributed by atoms with van der Waals surface area (Å²) >= 11 is 0. The monoisotopic (exact) mass is 312 g/mol. The zero-order valence-electron chi connectivity index (χ0n) is 13.6. The smallest absolute Gasteiger partial charge is 0.0649 e. The molecule has 1 aromatic carbocycles. The van der Waals surface area contributed by atoms with E-state index in [0.717, 1.165) is 45.1 Å². The summed E-state index contributed by atoms with van der Waals surface area (Å²) in [6.07, 6.45) is 1.90.